The van der Waals surface area contributed by atoms with Gasteiger partial charge in [0, 0.05) is 18.3 Å². The molecule has 0 atom stereocenters. The Labute approximate surface area is 114 Å². The summed E-state index contributed by atoms with van der Waals surface area (Å²) in [6, 6.07) is 4.81. The van der Waals surface area contributed by atoms with Crippen molar-refractivity contribution in [2.24, 2.45) is 7.05 Å². The van der Waals surface area contributed by atoms with Gasteiger partial charge in [-0.1, -0.05) is 5.21 Å². The maximum Gasteiger partial charge on any atom is 0.335 e. The topological polar surface area (TPSA) is 85.8 Å². The van der Waals surface area contributed by atoms with E-state index in [1.54, 1.807) is 27.7 Å². The zero-order valence-corrected chi connectivity index (χ0v) is 11.1. The lowest BCUT2D eigenvalue weighted by atomic mass is 10.2. The zero-order chi connectivity index (χ0) is 14.3. The van der Waals surface area contributed by atoms with Crippen LogP contribution in [0.2, 0.25) is 0 Å². The van der Waals surface area contributed by atoms with E-state index in [9.17, 15) is 4.79 Å². The quantitative estimate of drug-likeness (QED) is 0.774. The number of carbonyl (C=O) groups is 1. The highest BCUT2D eigenvalue weighted by Crippen LogP contribution is 2.16. The number of carboxylic acids is 1. The number of carboxylic acid groups (broad SMARTS) is 1. The Kier molecular flexibility index (Phi) is 2.74. The van der Waals surface area contributed by atoms with Gasteiger partial charge < -0.3 is 5.11 Å². The Morgan fingerprint density at radius 1 is 1.40 bits per heavy atom. The highest BCUT2D eigenvalue weighted by atomic mass is 16.4. The molecule has 0 unspecified atom stereocenters. The van der Waals surface area contributed by atoms with E-state index >= 15 is 0 Å². The summed E-state index contributed by atoms with van der Waals surface area (Å²) in [4.78, 5) is 10.9. The van der Waals surface area contributed by atoms with Gasteiger partial charge in [0.05, 0.1) is 23.8 Å². The number of hydrogen-bond acceptors (Lipinski definition) is 4. The Morgan fingerprint density at radius 2 is 2.20 bits per heavy atom. The van der Waals surface area contributed by atoms with E-state index in [1.165, 1.54) is 6.07 Å². The van der Waals surface area contributed by atoms with Gasteiger partial charge in [0.1, 0.15) is 5.52 Å². The third-order valence-electron chi connectivity index (χ3n) is 3.42. The molecule has 102 valence electrons. The largest absolute Gasteiger partial charge is 0.478 e. The molecule has 0 fully saturated rings. The second kappa shape index (κ2) is 4.44. The van der Waals surface area contributed by atoms with Crippen molar-refractivity contribution in [1.29, 1.82) is 0 Å². The molecule has 1 N–H and O–H groups in total. The molecular weight excluding hydrogens is 258 g/mol. The third kappa shape index (κ3) is 1.93. The van der Waals surface area contributed by atoms with Gasteiger partial charge in [-0.15, -0.1) is 5.10 Å². The number of aromatic nitrogens is 5. The molecule has 7 heteroatoms. The van der Waals surface area contributed by atoms with Gasteiger partial charge in [0.25, 0.3) is 0 Å². The normalized spacial score (nSPS) is 11.1. The van der Waals surface area contributed by atoms with Crippen LogP contribution >= 0.6 is 0 Å². The first-order chi connectivity index (χ1) is 9.56. The molecule has 0 aliphatic heterocycles. The van der Waals surface area contributed by atoms with Crippen LogP contribution in [-0.2, 0) is 13.6 Å². The van der Waals surface area contributed by atoms with Crippen molar-refractivity contribution in [3.8, 4) is 0 Å². The lowest BCUT2D eigenvalue weighted by Gasteiger charge is -2.02. The molecule has 1 aromatic carbocycles. The van der Waals surface area contributed by atoms with Gasteiger partial charge in [-0.2, -0.15) is 5.10 Å². The van der Waals surface area contributed by atoms with Crippen LogP contribution in [0.15, 0.2) is 24.4 Å². The lowest BCUT2D eigenvalue weighted by Crippen LogP contribution is -2.03. The first kappa shape index (κ1) is 12.3. The van der Waals surface area contributed by atoms with Gasteiger partial charge in [0.15, 0.2) is 0 Å². The van der Waals surface area contributed by atoms with Gasteiger partial charge in [-0.05, 0) is 25.1 Å². The van der Waals surface area contributed by atoms with Gasteiger partial charge >= 0.3 is 5.97 Å². The molecular formula is C13H13N5O2. The summed E-state index contributed by atoms with van der Waals surface area (Å²) in [7, 11) is 1.89. The second-order valence-electron chi connectivity index (χ2n) is 4.63. The number of aromatic carboxylic acids is 1. The van der Waals surface area contributed by atoms with Crippen molar-refractivity contribution in [2.75, 3.05) is 0 Å². The van der Waals surface area contributed by atoms with Crippen LogP contribution in [0.25, 0.3) is 11.0 Å². The Hall–Kier alpha value is -2.70. The molecule has 0 bridgehead atoms. The van der Waals surface area contributed by atoms with Crippen LogP contribution in [0.5, 0.6) is 0 Å². The first-order valence-electron chi connectivity index (χ1n) is 6.10. The summed E-state index contributed by atoms with van der Waals surface area (Å²) in [6.45, 7) is 2.55. The van der Waals surface area contributed by atoms with Crippen molar-refractivity contribution in [1.82, 2.24) is 24.8 Å². The highest BCUT2D eigenvalue weighted by Gasteiger charge is 2.11. The molecule has 0 saturated heterocycles. The fourth-order valence-electron chi connectivity index (χ4n) is 2.08. The fraction of sp³-hybridized carbons (Fsp3) is 0.231. The summed E-state index contributed by atoms with van der Waals surface area (Å²) >= 11 is 0. The van der Waals surface area contributed by atoms with E-state index in [0.717, 1.165) is 16.8 Å². The lowest BCUT2D eigenvalue weighted by molar-refractivity contribution is 0.0697. The number of rotatable bonds is 3. The SMILES string of the molecule is Cc1c(Cn2nnc3cc(C(=O)O)ccc32)cnn1C. The van der Waals surface area contributed by atoms with Crippen molar-refractivity contribution in [2.45, 2.75) is 13.5 Å². The van der Waals surface area contributed by atoms with E-state index in [4.69, 9.17) is 5.11 Å². The molecule has 3 rings (SSSR count). The molecule has 3 aromatic rings. The van der Waals surface area contributed by atoms with Gasteiger partial charge in [-0.3, -0.25) is 4.68 Å². The van der Waals surface area contributed by atoms with Crippen molar-refractivity contribution >= 4 is 17.0 Å². The molecule has 0 aliphatic rings. The minimum absolute atomic E-state index is 0.210. The predicted molar refractivity (Wildman–Crippen MR) is 71.5 cm³/mol. The average molecular weight is 271 g/mol. The number of fused-ring (bicyclic) bond motifs is 1. The van der Waals surface area contributed by atoms with E-state index in [0.29, 0.717) is 12.1 Å². The smallest absolute Gasteiger partial charge is 0.335 e. The summed E-state index contributed by atoms with van der Waals surface area (Å²) in [5.74, 6) is -0.968. The number of hydrogen-bond donors (Lipinski definition) is 1. The third-order valence-corrected chi connectivity index (χ3v) is 3.42. The van der Waals surface area contributed by atoms with Crippen LogP contribution in [0.3, 0.4) is 0 Å². The monoisotopic (exact) mass is 271 g/mol. The number of benzene rings is 1. The van der Waals surface area contributed by atoms with Crippen LogP contribution in [0.4, 0.5) is 0 Å². The van der Waals surface area contributed by atoms with Crippen molar-refractivity contribution in [3.05, 3.63) is 41.2 Å². The molecule has 2 aromatic heterocycles. The first-order valence-corrected chi connectivity index (χ1v) is 6.10. The van der Waals surface area contributed by atoms with Crippen LogP contribution in [0.1, 0.15) is 21.6 Å². The van der Waals surface area contributed by atoms with E-state index in [-0.39, 0.29) is 5.56 Å². The summed E-state index contributed by atoms with van der Waals surface area (Å²) in [5.41, 5.74) is 3.71. The molecule has 0 spiro atoms. The predicted octanol–water partition coefficient (Wildman–Crippen LogP) is 1.22. The van der Waals surface area contributed by atoms with E-state index in [1.807, 2.05) is 14.0 Å². The molecule has 0 aliphatic carbocycles. The Morgan fingerprint density at radius 3 is 2.85 bits per heavy atom. The number of aryl methyl sites for hydroxylation is 1. The van der Waals surface area contributed by atoms with Gasteiger partial charge in [-0.25, -0.2) is 9.48 Å². The molecule has 20 heavy (non-hydrogen) atoms. The summed E-state index contributed by atoms with van der Waals surface area (Å²) in [6.07, 6.45) is 1.80. The van der Waals surface area contributed by atoms with Gasteiger partial charge in [0.2, 0.25) is 0 Å². The summed E-state index contributed by atoms with van der Waals surface area (Å²) in [5, 5.41) is 21.2. The molecule has 2 heterocycles. The zero-order valence-electron chi connectivity index (χ0n) is 11.1. The van der Waals surface area contributed by atoms with Crippen LogP contribution in [-0.4, -0.2) is 35.9 Å². The molecule has 0 radical (unpaired) electrons. The Balaban J connectivity index is 2.01. The van der Waals surface area contributed by atoms with Crippen molar-refractivity contribution in [3.63, 3.8) is 0 Å². The average Bonchev–Trinajstić information content (AvgIpc) is 2.97. The minimum atomic E-state index is -0.968. The standard InChI is InChI=1S/C13H13N5O2/c1-8-10(6-14-17(8)2)7-18-12-4-3-9(13(19)20)5-11(12)15-16-18/h3-6H,7H2,1-2H3,(H,19,20). The molecule has 0 amide bonds. The molecule has 7 nitrogen and oxygen atoms in total. The van der Waals surface area contributed by atoms with Crippen LogP contribution in [0, 0.1) is 6.92 Å². The number of nitrogens with zero attached hydrogens (tertiary/aromatic N) is 5. The van der Waals surface area contributed by atoms with E-state index < -0.39 is 5.97 Å². The minimum Gasteiger partial charge on any atom is -0.478 e. The maximum atomic E-state index is 10.9. The van der Waals surface area contributed by atoms with E-state index in [2.05, 4.69) is 15.4 Å². The second-order valence-corrected chi connectivity index (χ2v) is 4.63. The Bertz CT molecular complexity index is 802. The summed E-state index contributed by atoms with van der Waals surface area (Å²) < 4.78 is 3.54. The maximum absolute atomic E-state index is 10.9. The molecule has 0 saturated carbocycles. The van der Waals surface area contributed by atoms with Crippen LogP contribution < -0.4 is 0 Å². The highest BCUT2D eigenvalue weighted by molar-refractivity contribution is 5.92. The fourth-order valence-corrected chi connectivity index (χ4v) is 2.08. The van der Waals surface area contributed by atoms with Crippen molar-refractivity contribution < 1.29 is 9.90 Å².